The molecular formula is C19H19NO2. The Bertz CT molecular complexity index is 875. The Labute approximate surface area is 128 Å². The molecule has 1 heterocycles. The topological polar surface area (TPSA) is 42.2 Å². The summed E-state index contributed by atoms with van der Waals surface area (Å²) in [6, 6.07) is 14.2. The highest BCUT2D eigenvalue weighted by Crippen LogP contribution is 2.32. The lowest BCUT2D eigenvalue weighted by molar-refractivity contribution is 0.462. The Balaban J connectivity index is 1.91. The standard InChI is InChI=1S/C19H19NO2/c21-18-12-16(20-14-7-2-1-3-8-14)19-15-9-5-4-6-13(15)10-11-17(19)22-18/h4-6,9-12,14,20H,1-3,7-8H2. The van der Waals surface area contributed by atoms with Gasteiger partial charge in [-0.1, -0.05) is 49.6 Å². The van der Waals surface area contributed by atoms with E-state index >= 15 is 0 Å². The van der Waals surface area contributed by atoms with E-state index in [1.807, 2.05) is 24.3 Å². The maximum Gasteiger partial charge on any atom is 0.338 e. The minimum absolute atomic E-state index is 0.291. The van der Waals surface area contributed by atoms with Crippen molar-refractivity contribution in [3.05, 3.63) is 52.9 Å². The Morgan fingerprint density at radius 1 is 1.00 bits per heavy atom. The van der Waals surface area contributed by atoms with Crippen molar-refractivity contribution in [3.8, 4) is 0 Å². The molecular weight excluding hydrogens is 274 g/mol. The van der Waals surface area contributed by atoms with Crippen LogP contribution in [-0.4, -0.2) is 6.04 Å². The Morgan fingerprint density at radius 2 is 1.82 bits per heavy atom. The summed E-state index contributed by atoms with van der Waals surface area (Å²) in [6.07, 6.45) is 6.19. The summed E-state index contributed by atoms with van der Waals surface area (Å²) in [5, 5.41) is 6.90. The van der Waals surface area contributed by atoms with Crippen LogP contribution in [0.2, 0.25) is 0 Å². The second-order valence-electron chi connectivity index (χ2n) is 6.12. The van der Waals surface area contributed by atoms with Crippen LogP contribution in [0, 0.1) is 0 Å². The van der Waals surface area contributed by atoms with E-state index in [2.05, 4.69) is 17.4 Å². The van der Waals surface area contributed by atoms with Gasteiger partial charge in [0.15, 0.2) is 0 Å². The molecule has 0 bridgehead atoms. The molecule has 1 aromatic heterocycles. The monoisotopic (exact) mass is 293 g/mol. The molecule has 1 N–H and O–H groups in total. The van der Waals surface area contributed by atoms with Gasteiger partial charge in [0.2, 0.25) is 0 Å². The molecule has 22 heavy (non-hydrogen) atoms. The van der Waals surface area contributed by atoms with Crippen LogP contribution in [-0.2, 0) is 0 Å². The molecule has 1 saturated carbocycles. The van der Waals surface area contributed by atoms with Gasteiger partial charge in [-0.15, -0.1) is 0 Å². The molecule has 2 aromatic carbocycles. The van der Waals surface area contributed by atoms with Gasteiger partial charge in [-0.05, 0) is 29.7 Å². The van der Waals surface area contributed by atoms with Gasteiger partial charge in [0, 0.05) is 17.5 Å². The molecule has 0 amide bonds. The maximum absolute atomic E-state index is 11.9. The molecule has 0 spiro atoms. The molecule has 0 aliphatic heterocycles. The van der Waals surface area contributed by atoms with Crippen LogP contribution in [0.5, 0.6) is 0 Å². The number of anilines is 1. The molecule has 0 unspecified atom stereocenters. The van der Waals surface area contributed by atoms with Gasteiger partial charge in [0.1, 0.15) is 5.58 Å². The van der Waals surface area contributed by atoms with Crippen LogP contribution in [0.1, 0.15) is 32.1 Å². The van der Waals surface area contributed by atoms with Crippen LogP contribution in [0.3, 0.4) is 0 Å². The summed E-state index contributed by atoms with van der Waals surface area (Å²) >= 11 is 0. The van der Waals surface area contributed by atoms with Crippen molar-refractivity contribution in [2.24, 2.45) is 0 Å². The van der Waals surface area contributed by atoms with Gasteiger partial charge in [0.05, 0.1) is 5.69 Å². The molecule has 0 saturated heterocycles. The molecule has 1 fully saturated rings. The van der Waals surface area contributed by atoms with E-state index in [1.54, 1.807) is 6.07 Å². The van der Waals surface area contributed by atoms with Crippen molar-refractivity contribution in [2.75, 3.05) is 5.32 Å². The summed E-state index contributed by atoms with van der Waals surface area (Å²) in [5.74, 6) is 0. The summed E-state index contributed by atoms with van der Waals surface area (Å²) < 4.78 is 5.40. The third kappa shape index (κ3) is 2.37. The molecule has 3 aromatic rings. The molecule has 112 valence electrons. The second-order valence-corrected chi connectivity index (χ2v) is 6.12. The zero-order valence-electron chi connectivity index (χ0n) is 12.5. The first-order valence-electron chi connectivity index (χ1n) is 8.03. The van der Waals surface area contributed by atoms with Crippen LogP contribution in [0.4, 0.5) is 5.69 Å². The first-order valence-corrected chi connectivity index (χ1v) is 8.03. The minimum atomic E-state index is -0.291. The normalized spacial score (nSPS) is 16.2. The highest BCUT2D eigenvalue weighted by atomic mass is 16.4. The minimum Gasteiger partial charge on any atom is -0.423 e. The van der Waals surface area contributed by atoms with Crippen LogP contribution in [0.25, 0.3) is 21.7 Å². The first kappa shape index (κ1) is 13.4. The fraction of sp³-hybridized carbons (Fsp3) is 0.316. The Hall–Kier alpha value is -2.29. The number of nitrogens with one attached hydrogen (secondary N) is 1. The number of fused-ring (bicyclic) bond motifs is 3. The number of rotatable bonds is 2. The van der Waals surface area contributed by atoms with Crippen molar-refractivity contribution in [1.29, 1.82) is 0 Å². The van der Waals surface area contributed by atoms with Gasteiger partial charge >= 0.3 is 5.63 Å². The average molecular weight is 293 g/mol. The summed E-state index contributed by atoms with van der Waals surface area (Å²) in [7, 11) is 0. The van der Waals surface area contributed by atoms with Gasteiger partial charge in [-0.25, -0.2) is 4.79 Å². The summed E-state index contributed by atoms with van der Waals surface area (Å²) in [6.45, 7) is 0. The van der Waals surface area contributed by atoms with Gasteiger partial charge in [-0.2, -0.15) is 0 Å². The molecule has 1 aliphatic carbocycles. The van der Waals surface area contributed by atoms with Crippen LogP contribution in [0.15, 0.2) is 51.7 Å². The van der Waals surface area contributed by atoms with E-state index < -0.39 is 0 Å². The molecule has 0 atom stereocenters. The lowest BCUT2D eigenvalue weighted by atomic mass is 9.95. The second kappa shape index (κ2) is 5.48. The predicted molar refractivity (Wildman–Crippen MR) is 90.5 cm³/mol. The van der Waals surface area contributed by atoms with E-state index in [0.717, 1.165) is 21.8 Å². The predicted octanol–water partition coefficient (Wildman–Crippen LogP) is 4.69. The highest BCUT2D eigenvalue weighted by Gasteiger charge is 2.16. The third-order valence-electron chi connectivity index (χ3n) is 4.60. The van der Waals surface area contributed by atoms with E-state index in [0.29, 0.717) is 11.6 Å². The molecule has 4 rings (SSSR count). The number of hydrogen-bond donors (Lipinski definition) is 1. The van der Waals surface area contributed by atoms with E-state index in [-0.39, 0.29) is 5.63 Å². The zero-order valence-corrected chi connectivity index (χ0v) is 12.5. The van der Waals surface area contributed by atoms with Crippen molar-refractivity contribution in [2.45, 2.75) is 38.1 Å². The fourth-order valence-electron chi connectivity index (χ4n) is 3.52. The maximum atomic E-state index is 11.9. The van der Waals surface area contributed by atoms with Gasteiger partial charge in [0.25, 0.3) is 0 Å². The Morgan fingerprint density at radius 3 is 2.68 bits per heavy atom. The van der Waals surface area contributed by atoms with Crippen LogP contribution < -0.4 is 10.9 Å². The van der Waals surface area contributed by atoms with Gasteiger partial charge < -0.3 is 9.73 Å². The van der Waals surface area contributed by atoms with E-state index in [1.165, 1.54) is 32.1 Å². The summed E-state index contributed by atoms with van der Waals surface area (Å²) in [4.78, 5) is 11.9. The largest absolute Gasteiger partial charge is 0.423 e. The van der Waals surface area contributed by atoms with E-state index in [4.69, 9.17) is 4.42 Å². The van der Waals surface area contributed by atoms with Crippen molar-refractivity contribution < 1.29 is 4.42 Å². The third-order valence-corrected chi connectivity index (χ3v) is 4.60. The Kier molecular flexibility index (Phi) is 3.34. The first-order chi connectivity index (χ1) is 10.8. The quantitative estimate of drug-likeness (QED) is 0.550. The smallest absolute Gasteiger partial charge is 0.338 e. The molecule has 1 aliphatic rings. The number of hydrogen-bond acceptors (Lipinski definition) is 3. The van der Waals surface area contributed by atoms with Crippen molar-refractivity contribution in [1.82, 2.24) is 0 Å². The van der Waals surface area contributed by atoms with E-state index in [9.17, 15) is 4.79 Å². The van der Waals surface area contributed by atoms with Crippen molar-refractivity contribution >= 4 is 27.4 Å². The molecule has 3 heteroatoms. The lowest BCUT2D eigenvalue weighted by Crippen LogP contribution is -2.23. The number of benzene rings is 2. The SMILES string of the molecule is O=c1cc(NC2CCCCC2)c2c(ccc3ccccc32)o1. The van der Waals surface area contributed by atoms with Gasteiger partial charge in [-0.3, -0.25) is 0 Å². The van der Waals surface area contributed by atoms with Crippen LogP contribution >= 0.6 is 0 Å². The summed E-state index contributed by atoms with van der Waals surface area (Å²) in [5.41, 5.74) is 1.28. The molecule has 0 radical (unpaired) electrons. The lowest BCUT2D eigenvalue weighted by Gasteiger charge is -2.24. The van der Waals surface area contributed by atoms with Crippen molar-refractivity contribution in [3.63, 3.8) is 0 Å². The average Bonchev–Trinajstić information content (AvgIpc) is 2.55. The zero-order chi connectivity index (χ0) is 14.9. The highest BCUT2D eigenvalue weighted by molar-refractivity contribution is 6.11. The fourth-order valence-corrected chi connectivity index (χ4v) is 3.52. The molecule has 3 nitrogen and oxygen atoms in total.